The quantitative estimate of drug-likeness (QED) is 0.544. The summed E-state index contributed by atoms with van der Waals surface area (Å²) in [5.74, 6) is 0.252. The Morgan fingerprint density at radius 2 is 1.68 bits per heavy atom. The van der Waals surface area contributed by atoms with Gasteiger partial charge in [0.05, 0.1) is 6.54 Å². The highest BCUT2D eigenvalue weighted by Gasteiger charge is 2.17. The van der Waals surface area contributed by atoms with Gasteiger partial charge in [-0.1, -0.05) is 50.5 Å². The molecule has 1 heterocycles. The SMILES string of the molecule is CCCCCCc1ccc(C(=O)CN2CCN(C)CC2)cc1. The van der Waals surface area contributed by atoms with Gasteiger partial charge in [0.15, 0.2) is 5.78 Å². The Hall–Kier alpha value is -1.19. The van der Waals surface area contributed by atoms with Crippen LogP contribution in [0.1, 0.15) is 48.5 Å². The molecule has 22 heavy (non-hydrogen) atoms. The molecular weight excluding hydrogens is 272 g/mol. The molecule has 1 aliphatic heterocycles. The van der Waals surface area contributed by atoms with Gasteiger partial charge < -0.3 is 4.90 Å². The Balaban J connectivity index is 1.78. The number of carbonyl (C=O) groups is 1. The summed E-state index contributed by atoms with van der Waals surface area (Å²) >= 11 is 0. The third kappa shape index (κ3) is 5.54. The van der Waals surface area contributed by atoms with Crippen molar-refractivity contribution in [1.82, 2.24) is 9.80 Å². The van der Waals surface area contributed by atoms with Gasteiger partial charge in [-0.05, 0) is 25.5 Å². The molecule has 1 aromatic rings. The predicted molar refractivity (Wildman–Crippen MR) is 92.6 cm³/mol. The molecule has 2 rings (SSSR count). The van der Waals surface area contributed by atoms with Crippen LogP contribution in [0.2, 0.25) is 0 Å². The Kier molecular flexibility index (Phi) is 7.07. The molecule has 3 heteroatoms. The third-order valence-electron chi connectivity index (χ3n) is 4.56. The molecule has 0 amide bonds. The molecule has 1 saturated heterocycles. The van der Waals surface area contributed by atoms with E-state index >= 15 is 0 Å². The molecule has 3 nitrogen and oxygen atoms in total. The lowest BCUT2D eigenvalue weighted by molar-refractivity contribution is 0.0876. The van der Waals surface area contributed by atoms with Crippen LogP contribution in [0.25, 0.3) is 0 Å². The summed E-state index contributed by atoms with van der Waals surface area (Å²) in [4.78, 5) is 16.9. The fraction of sp³-hybridized carbons (Fsp3) is 0.632. The summed E-state index contributed by atoms with van der Waals surface area (Å²) in [6.07, 6.45) is 6.29. The van der Waals surface area contributed by atoms with E-state index in [-0.39, 0.29) is 5.78 Å². The number of carbonyl (C=O) groups excluding carboxylic acids is 1. The van der Waals surface area contributed by atoms with Crippen LogP contribution in [0.15, 0.2) is 24.3 Å². The standard InChI is InChI=1S/C19H30N2O/c1-3-4-5-6-7-17-8-10-18(11-9-17)19(22)16-21-14-12-20(2)13-15-21/h8-11H,3-7,12-16H2,1-2H3. The summed E-state index contributed by atoms with van der Waals surface area (Å²) in [7, 11) is 2.14. The van der Waals surface area contributed by atoms with Gasteiger partial charge in [-0.15, -0.1) is 0 Å². The van der Waals surface area contributed by atoms with Crippen molar-refractivity contribution in [3.63, 3.8) is 0 Å². The highest BCUT2D eigenvalue weighted by atomic mass is 16.1. The minimum absolute atomic E-state index is 0.252. The normalized spacial score (nSPS) is 16.8. The van der Waals surface area contributed by atoms with E-state index in [0.717, 1.165) is 38.2 Å². The maximum Gasteiger partial charge on any atom is 0.176 e. The van der Waals surface area contributed by atoms with E-state index < -0.39 is 0 Å². The lowest BCUT2D eigenvalue weighted by Crippen LogP contribution is -2.46. The van der Waals surface area contributed by atoms with Crippen LogP contribution in [-0.4, -0.2) is 55.4 Å². The second-order valence-electron chi connectivity index (χ2n) is 6.51. The largest absolute Gasteiger partial charge is 0.304 e. The molecule has 1 aromatic carbocycles. The molecule has 0 spiro atoms. The number of likely N-dealkylation sites (N-methyl/N-ethyl adjacent to an activating group) is 1. The fourth-order valence-electron chi connectivity index (χ4n) is 2.91. The lowest BCUT2D eigenvalue weighted by atomic mass is 10.0. The van der Waals surface area contributed by atoms with Gasteiger partial charge in [-0.3, -0.25) is 9.69 Å². The van der Waals surface area contributed by atoms with Gasteiger partial charge in [0.25, 0.3) is 0 Å². The first-order valence-electron chi connectivity index (χ1n) is 8.72. The van der Waals surface area contributed by atoms with Crippen LogP contribution in [0.3, 0.4) is 0 Å². The second kappa shape index (κ2) is 9.06. The average molecular weight is 302 g/mol. The van der Waals surface area contributed by atoms with Gasteiger partial charge in [-0.2, -0.15) is 0 Å². The number of ketones is 1. The fourth-order valence-corrected chi connectivity index (χ4v) is 2.91. The summed E-state index contributed by atoms with van der Waals surface area (Å²) in [6, 6.07) is 8.27. The van der Waals surface area contributed by atoms with Crippen molar-refractivity contribution in [1.29, 1.82) is 0 Å². The Labute approximate surface area is 135 Å². The minimum Gasteiger partial charge on any atom is -0.304 e. The number of Topliss-reactive ketones (excluding diaryl/α,β-unsaturated/α-hetero) is 1. The Morgan fingerprint density at radius 1 is 1.00 bits per heavy atom. The first-order chi connectivity index (χ1) is 10.7. The van der Waals surface area contributed by atoms with Crippen molar-refractivity contribution in [2.24, 2.45) is 0 Å². The maximum atomic E-state index is 12.3. The Bertz CT molecular complexity index is 447. The van der Waals surface area contributed by atoms with Crippen LogP contribution < -0.4 is 0 Å². The smallest absolute Gasteiger partial charge is 0.176 e. The molecule has 0 saturated carbocycles. The lowest BCUT2D eigenvalue weighted by Gasteiger charge is -2.31. The molecule has 0 N–H and O–H groups in total. The van der Waals surface area contributed by atoms with Gasteiger partial charge in [0.2, 0.25) is 0 Å². The minimum atomic E-state index is 0.252. The van der Waals surface area contributed by atoms with E-state index in [4.69, 9.17) is 0 Å². The molecule has 0 radical (unpaired) electrons. The van der Waals surface area contributed by atoms with Gasteiger partial charge >= 0.3 is 0 Å². The first-order valence-corrected chi connectivity index (χ1v) is 8.72. The summed E-state index contributed by atoms with van der Waals surface area (Å²) in [5, 5.41) is 0. The molecule has 0 aliphatic carbocycles. The first kappa shape index (κ1) is 17.2. The highest BCUT2D eigenvalue weighted by Crippen LogP contribution is 2.11. The number of aryl methyl sites for hydroxylation is 1. The summed E-state index contributed by atoms with van der Waals surface area (Å²) < 4.78 is 0. The van der Waals surface area contributed by atoms with Crippen LogP contribution in [0.5, 0.6) is 0 Å². The summed E-state index contributed by atoms with van der Waals surface area (Å²) in [6.45, 7) is 6.91. The zero-order chi connectivity index (χ0) is 15.8. The van der Waals surface area contributed by atoms with E-state index in [0.29, 0.717) is 6.54 Å². The number of hydrogen-bond acceptors (Lipinski definition) is 3. The molecule has 0 aromatic heterocycles. The van der Waals surface area contributed by atoms with E-state index in [1.54, 1.807) is 0 Å². The van der Waals surface area contributed by atoms with Crippen molar-refractivity contribution in [3.8, 4) is 0 Å². The van der Waals surface area contributed by atoms with Crippen LogP contribution in [-0.2, 0) is 6.42 Å². The second-order valence-corrected chi connectivity index (χ2v) is 6.51. The molecule has 1 fully saturated rings. The summed E-state index contributed by atoms with van der Waals surface area (Å²) in [5.41, 5.74) is 2.21. The van der Waals surface area contributed by atoms with Crippen molar-refractivity contribution in [2.75, 3.05) is 39.8 Å². The average Bonchev–Trinajstić information content (AvgIpc) is 2.54. The predicted octanol–water partition coefficient (Wildman–Crippen LogP) is 3.24. The molecule has 122 valence electrons. The van der Waals surface area contributed by atoms with E-state index in [2.05, 4.69) is 35.9 Å². The number of benzene rings is 1. The van der Waals surface area contributed by atoms with E-state index in [1.165, 1.54) is 31.2 Å². The van der Waals surface area contributed by atoms with E-state index in [9.17, 15) is 4.79 Å². The third-order valence-corrected chi connectivity index (χ3v) is 4.56. The van der Waals surface area contributed by atoms with Crippen LogP contribution >= 0.6 is 0 Å². The number of hydrogen-bond donors (Lipinski definition) is 0. The molecule has 1 aliphatic rings. The topological polar surface area (TPSA) is 23.6 Å². The maximum absolute atomic E-state index is 12.3. The van der Waals surface area contributed by atoms with Gasteiger partial charge in [0, 0.05) is 31.7 Å². The van der Waals surface area contributed by atoms with Crippen molar-refractivity contribution in [2.45, 2.75) is 39.0 Å². The van der Waals surface area contributed by atoms with Crippen LogP contribution in [0, 0.1) is 0 Å². The molecule has 0 bridgehead atoms. The number of unbranched alkanes of at least 4 members (excludes halogenated alkanes) is 3. The molecule has 0 atom stereocenters. The van der Waals surface area contributed by atoms with Crippen LogP contribution in [0.4, 0.5) is 0 Å². The monoisotopic (exact) mass is 302 g/mol. The molecular formula is C19H30N2O. The van der Waals surface area contributed by atoms with Gasteiger partial charge in [-0.25, -0.2) is 0 Å². The van der Waals surface area contributed by atoms with Crippen molar-refractivity contribution < 1.29 is 4.79 Å². The van der Waals surface area contributed by atoms with Crippen molar-refractivity contribution in [3.05, 3.63) is 35.4 Å². The zero-order valence-corrected chi connectivity index (χ0v) is 14.2. The highest BCUT2D eigenvalue weighted by molar-refractivity contribution is 5.97. The number of nitrogens with zero attached hydrogens (tertiary/aromatic N) is 2. The van der Waals surface area contributed by atoms with E-state index in [1.807, 2.05) is 12.1 Å². The molecule has 0 unspecified atom stereocenters. The Morgan fingerprint density at radius 3 is 2.32 bits per heavy atom. The number of rotatable bonds is 8. The zero-order valence-electron chi connectivity index (χ0n) is 14.2. The van der Waals surface area contributed by atoms with Crippen molar-refractivity contribution >= 4 is 5.78 Å². The van der Waals surface area contributed by atoms with Gasteiger partial charge in [0.1, 0.15) is 0 Å². The number of piperazine rings is 1.